The molecule has 16 heavy (non-hydrogen) atoms. The Morgan fingerprint density at radius 3 is 3.00 bits per heavy atom. The summed E-state index contributed by atoms with van der Waals surface area (Å²) in [6.45, 7) is 0.536. The maximum Gasteiger partial charge on any atom is 0.303 e. The van der Waals surface area contributed by atoms with Crippen molar-refractivity contribution in [1.82, 2.24) is 9.97 Å². The maximum absolute atomic E-state index is 11.1. The first-order valence-electron chi connectivity index (χ1n) is 4.90. The molecule has 0 fully saturated rings. The van der Waals surface area contributed by atoms with Gasteiger partial charge < -0.3 is 21.1 Å². The molecule has 0 aliphatic rings. The largest absolute Gasteiger partial charge is 0.481 e. The number of nitrogens with one attached hydrogen (secondary N) is 2. The third-order valence-corrected chi connectivity index (χ3v) is 2.00. The molecule has 0 unspecified atom stereocenters. The number of unbranched alkanes of at least 4 members (excludes halogenated alkanes) is 1. The number of H-pyrrole nitrogens is 1. The first-order chi connectivity index (χ1) is 7.61. The number of aliphatic carboxylic acids is 1. The smallest absolute Gasteiger partial charge is 0.303 e. The number of aromatic nitrogens is 2. The third-order valence-electron chi connectivity index (χ3n) is 2.00. The zero-order valence-electron chi connectivity index (χ0n) is 8.69. The van der Waals surface area contributed by atoms with Crippen LogP contribution >= 0.6 is 0 Å². The fourth-order valence-corrected chi connectivity index (χ4v) is 1.16. The molecule has 0 spiro atoms. The normalized spacial score (nSPS) is 10.0. The lowest BCUT2D eigenvalue weighted by Gasteiger charge is -2.05. The predicted octanol–water partition coefficient (Wildman–Crippen LogP) is 0.0189. The molecule has 88 valence electrons. The summed E-state index contributed by atoms with van der Waals surface area (Å²) in [5.41, 5.74) is 5.14. The Labute approximate surface area is 91.7 Å². The molecule has 0 amide bonds. The average Bonchev–Trinajstić information content (AvgIpc) is 2.23. The van der Waals surface area contributed by atoms with Gasteiger partial charge in [-0.3, -0.25) is 9.59 Å². The lowest BCUT2D eigenvalue weighted by atomic mass is 10.2. The minimum atomic E-state index is -0.811. The van der Waals surface area contributed by atoms with E-state index in [4.69, 9.17) is 10.8 Å². The SMILES string of the molecule is Nc1c(NCCCCC(=O)O)nc[nH]c1=O. The third kappa shape index (κ3) is 3.60. The van der Waals surface area contributed by atoms with Crippen LogP contribution in [0.1, 0.15) is 19.3 Å². The van der Waals surface area contributed by atoms with E-state index < -0.39 is 5.97 Å². The van der Waals surface area contributed by atoms with E-state index in [1.54, 1.807) is 0 Å². The van der Waals surface area contributed by atoms with E-state index in [1.165, 1.54) is 6.33 Å². The van der Waals surface area contributed by atoms with Gasteiger partial charge in [0, 0.05) is 13.0 Å². The Kier molecular flexibility index (Phi) is 4.31. The molecular formula is C9H14N4O3. The monoisotopic (exact) mass is 226 g/mol. The molecule has 0 radical (unpaired) electrons. The van der Waals surface area contributed by atoms with Crippen LogP contribution < -0.4 is 16.6 Å². The van der Waals surface area contributed by atoms with E-state index in [1.807, 2.05) is 0 Å². The molecule has 5 N–H and O–H groups in total. The van der Waals surface area contributed by atoms with Gasteiger partial charge in [0.2, 0.25) is 0 Å². The van der Waals surface area contributed by atoms with Gasteiger partial charge in [-0.2, -0.15) is 0 Å². The van der Waals surface area contributed by atoms with Gasteiger partial charge in [0.05, 0.1) is 6.33 Å². The van der Waals surface area contributed by atoms with E-state index in [2.05, 4.69) is 15.3 Å². The summed E-state index contributed by atoms with van der Waals surface area (Å²) in [5, 5.41) is 11.3. The molecule has 0 aliphatic heterocycles. The van der Waals surface area contributed by atoms with Crippen molar-refractivity contribution in [3.8, 4) is 0 Å². The Balaban J connectivity index is 2.35. The molecule has 1 aromatic rings. The van der Waals surface area contributed by atoms with E-state index in [-0.39, 0.29) is 17.7 Å². The number of carboxylic acid groups (broad SMARTS) is 1. The second-order valence-electron chi connectivity index (χ2n) is 3.27. The number of rotatable bonds is 6. The summed E-state index contributed by atoms with van der Waals surface area (Å²) < 4.78 is 0. The fraction of sp³-hybridized carbons (Fsp3) is 0.444. The topological polar surface area (TPSA) is 121 Å². The number of anilines is 2. The summed E-state index contributed by atoms with van der Waals surface area (Å²) >= 11 is 0. The minimum absolute atomic E-state index is 0.0423. The van der Waals surface area contributed by atoms with E-state index in [9.17, 15) is 9.59 Å². The van der Waals surface area contributed by atoms with Gasteiger partial charge in [0.1, 0.15) is 5.69 Å². The highest BCUT2D eigenvalue weighted by Crippen LogP contribution is 2.07. The lowest BCUT2D eigenvalue weighted by Crippen LogP contribution is -2.16. The average molecular weight is 226 g/mol. The van der Waals surface area contributed by atoms with Crippen LogP contribution in [0.3, 0.4) is 0 Å². The van der Waals surface area contributed by atoms with Crippen LogP contribution in [0, 0.1) is 0 Å². The molecule has 0 bridgehead atoms. The van der Waals surface area contributed by atoms with Gasteiger partial charge in [-0.15, -0.1) is 0 Å². The van der Waals surface area contributed by atoms with Crippen molar-refractivity contribution >= 4 is 17.5 Å². The zero-order chi connectivity index (χ0) is 12.0. The number of carboxylic acids is 1. The highest BCUT2D eigenvalue weighted by atomic mass is 16.4. The van der Waals surface area contributed by atoms with Gasteiger partial charge >= 0.3 is 5.97 Å². The summed E-state index contributed by atoms with van der Waals surface area (Å²) in [4.78, 5) is 27.5. The van der Waals surface area contributed by atoms with Crippen molar-refractivity contribution in [1.29, 1.82) is 0 Å². The van der Waals surface area contributed by atoms with Crippen LogP contribution in [-0.2, 0) is 4.79 Å². The first-order valence-corrected chi connectivity index (χ1v) is 4.90. The molecule has 0 atom stereocenters. The van der Waals surface area contributed by atoms with Crippen LogP contribution in [0.15, 0.2) is 11.1 Å². The van der Waals surface area contributed by atoms with Gasteiger partial charge in [-0.05, 0) is 12.8 Å². The predicted molar refractivity (Wildman–Crippen MR) is 59.2 cm³/mol. The molecule has 0 saturated carbocycles. The molecule has 0 saturated heterocycles. The molecular weight excluding hydrogens is 212 g/mol. The Hall–Kier alpha value is -2.05. The van der Waals surface area contributed by atoms with Gasteiger partial charge in [-0.25, -0.2) is 4.98 Å². The number of hydrogen-bond donors (Lipinski definition) is 4. The molecule has 1 heterocycles. The molecule has 0 aliphatic carbocycles. The molecule has 1 aromatic heterocycles. The number of aromatic amines is 1. The van der Waals surface area contributed by atoms with Crippen molar-refractivity contribution in [2.24, 2.45) is 0 Å². The Morgan fingerprint density at radius 1 is 1.56 bits per heavy atom. The van der Waals surface area contributed by atoms with Gasteiger partial charge in [-0.1, -0.05) is 0 Å². The summed E-state index contributed by atoms with van der Waals surface area (Å²) in [6.07, 6.45) is 2.66. The highest BCUT2D eigenvalue weighted by Gasteiger charge is 2.03. The molecule has 7 nitrogen and oxygen atoms in total. The van der Waals surface area contributed by atoms with Crippen molar-refractivity contribution in [3.05, 3.63) is 16.7 Å². The van der Waals surface area contributed by atoms with E-state index in [0.29, 0.717) is 25.2 Å². The second-order valence-corrected chi connectivity index (χ2v) is 3.27. The first kappa shape index (κ1) is 12.0. The quantitative estimate of drug-likeness (QED) is 0.507. The number of nitrogens with zero attached hydrogens (tertiary/aromatic N) is 1. The van der Waals surface area contributed by atoms with Crippen molar-refractivity contribution in [3.63, 3.8) is 0 Å². The highest BCUT2D eigenvalue weighted by molar-refractivity contribution is 5.66. The molecule has 7 heteroatoms. The minimum Gasteiger partial charge on any atom is -0.481 e. The van der Waals surface area contributed by atoms with Crippen LogP contribution in [0.5, 0.6) is 0 Å². The van der Waals surface area contributed by atoms with Crippen molar-refractivity contribution in [2.75, 3.05) is 17.6 Å². The van der Waals surface area contributed by atoms with Crippen LogP contribution in [0.2, 0.25) is 0 Å². The summed E-state index contributed by atoms with van der Waals surface area (Å²) in [6, 6.07) is 0. The number of carbonyl (C=O) groups is 1. The fourth-order valence-electron chi connectivity index (χ4n) is 1.16. The van der Waals surface area contributed by atoms with Crippen LogP contribution in [0.25, 0.3) is 0 Å². The number of nitrogens with two attached hydrogens (primary N) is 1. The van der Waals surface area contributed by atoms with Gasteiger partial charge in [0.15, 0.2) is 5.82 Å². The maximum atomic E-state index is 11.1. The zero-order valence-corrected chi connectivity index (χ0v) is 8.69. The summed E-state index contributed by atoms with van der Waals surface area (Å²) in [7, 11) is 0. The van der Waals surface area contributed by atoms with E-state index in [0.717, 1.165) is 0 Å². The summed E-state index contributed by atoms with van der Waals surface area (Å²) in [5.74, 6) is -0.479. The van der Waals surface area contributed by atoms with Crippen LogP contribution in [0.4, 0.5) is 11.5 Å². The lowest BCUT2D eigenvalue weighted by molar-refractivity contribution is -0.137. The molecule has 1 rings (SSSR count). The standard InChI is InChI=1S/C9H14N4O3/c10-7-8(12-5-13-9(7)16)11-4-2-1-3-6(14)15/h5H,1-4,10H2,(H,14,15)(H2,11,12,13,16). The molecule has 0 aromatic carbocycles. The second kappa shape index (κ2) is 5.74. The van der Waals surface area contributed by atoms with Crippen molar-refractivity contribution < 1.29 is 9.90 Å². The van der Waals surface area contributed by atoms with Crippen LogP contribution in [-0.4, -0.2) is 27.6 Å². The van der Waals surface area contributed by atoms with Crippen molar-refractivity contribution in [2.45, 2.75) is 19.3 Å². The Morgan fingerprint density at radius 2 is 2.31 bits per heavy atom. The Bertz CT molecular complexity index is 415. The number of nitrogen functional groups attached to an aromatic ring is 1. The van der Waals surface area contributed by atoms with E-state index >= 15 is 0 Å². The van der Waals surface area contributed by atoms with Gasteiger partial charge in [0.25, 0.3) is 5.56 Å². The number of hydrogen-bond acceptors (Lipinski definition) is 5.